The molecule has 0 amide bonds. The summed E-state index contributed by atoms with van der Waals surface area (Å²) in [7, 11) is 0. The molecule has 1 unspecified atom stereocenters. The molecular formula is C23H34O6. The van der Waals surface area contributed by atoms with Crippen LogP contribution >= 0.6 is 0 Å². The highest BCUT2D eigenvalue weighted by Gasteiger charge is 2.40. The highest BCUT2D eigenvalue weighted by molar-refractivity contribution is 5.66. The van der Waals surface area contributed by atoms with Crippen LogP contribution in [-0.4, -0.2) is 36.5 Å². The van der Waals surface area contributed by atoms with Crippen molar-refractivity contribution in [3.8, 4) is 0 Å². The summed E-state index contributed by atoms with van der Waals surface area (Å²) in [6.45, 7) is 5.38. The van der Waals surface area contributed by atoms with Crippen LogP contribution in [0.25, 0.3) is 0 Å². The third kappa shape index (κ3) is 8.54. The molecular weight excluding hydrogens is 372 g/mol. The van der Waals surface area contributed by atoms with E-state index in [-0.39, 0.29) is 18.0 Å². The van der Waals surface area contributed by atoms with Crippen LogP contribution < -0.4 is 0 Å². The van der Waals surface area contributed by atoms with Crippen LogP contribution in [0.4, 0.5) is 0 Å². The van der Waals surface area contributed by atoms with Crippen LogP contribution in [-0.2, 0) is 35.1 Å². The number of ether oxygens (including phenoxy) is 4. The monoisotopic (exact) mass is 406 g/mol. The summed E-state index contributed by atoms with van der Waals surface area (Å²) in [5, 5.41) is 0. The van der Waals surface area contributed by atoms with Crippen molar-refractivity contribution in [1.82, 2.24) is 0 Å². The lowest BCUT2D eigenvalue weighted by Gasteiger charge is -2.39. The van der Waals surface area contributed by atoms with Crippen LogP contribution in [0.5, 0.6) is 0 Å². The Balaban J connectivity index is 2.08. The highest BCUT2D eigenvalue weighted by Crippen LogP contribution is 2.29. The van der Waals surface area contributed by atoms with Gasteiger partial charge < -0.3 is 18.9 Å². The summed E-state index contributed by atoms with van der Waals surface area (Å²) < 4.78 is 23.1. The van der Waals surface area contributed by atoms with E-state index in [1.54, 1.807) is 0 Å². The summed E-state index contributed by atoms with van der Waals surface area (Å²) in [4.78, 5) is 23.1. The van der Waals surface area contributed by atoms with E-state index >= 15 is 0 Å². The number of rotatable bonds is 11. The average molecular weight is 407 g/mol. The Morgan fingerprint density at radius 1 is 1.07 bits per heavy atom. The van der Waals surface area contributed by atoms with Crippen molar-refractivity contribution in [3.63, 3.8) is 0 Å². The molecule has 1 aliphatic rings. The van der Waals surface area contributed by atoms with E-state index in [1.807, 2.05) is 30.3 Å². The SMILES string of the molecule is CCCCCC[C@@H](OC(C)=O)[C@@H]1OC(OC(C)=O)CC[C@H]1OCc1ccccc1. The van der Waals surface area contributed by atoms with E-state index in [9.17, 15) is 9.59 Å². The van der Waals surface area contributed by atoms with E-state index in [4.69, 9.17) is 18.9 Å². The van der Waals surface area contributed by atoms with Gasteiger partial charge in [0.2, 0.25) is 6.29 Å². The summed E-state index contributed by atoms with van der Waals surface area (Å²) in [6, 6.07) is 9.93. The molecule has 0 aromatic heterocycles. The number of hydrogen-bond acceptors (Lipinski definition) is 6. The molecule has 29 heavy (non-hydrogen) atoms. The second kappa shape index (κ2) is 12.6. The summed E-state index contributed by atoms with van der Waals surface area (Å²) in [5.74, 6) is -0.727. The molecule has 0 radical (unpaired) electrons. The second-order valence-corrected chi connectivity index (χ2v) is 7.55. The molecule has 0 bridgehead atoms. The molecule has 1 heterocycles. The molecule has 1 fully saturated rings. The highest BCUT2D eigenvalue weighted by atomic mass is 16.7. The van der Waals surface area contributed by atoms with Gasteiger partial charge >= 0.3 is 11.9 Å². The zero-order valence-corrected chi connectivity index (χ0v) is 17.8. The maximum Gasteiger partial charge on any atom is 0.304 e. The lowest BCUT2D eigenvalue weighted by atomic mass is 9.95. The van der Waals surface area contributed by atoms with Gasteiger partial charge in [0.25, 0.3) is 0 Å². The lowest BCUT2D eigenvalue weighted by molar-refractivity contribution is -0.250. The summed E-state index contributed by atoms with van der Waals surface area (Å²) >= 11 is 0. The zero-order valence-electron chi connectivity index (χ0n) is 17.8. The van der Waals surface area contributed by atoms with Crippen LogP contribution in [0.15, 0.2) is 30.3 Å². The van der Waals surface area contributed by atoms with Gasteiger partial charge in [-0.2, -0.15) is 0 Å². The van der Waals surface area contributed by atoms with Crippen molar-refractivity contribution in [3.05, 3.63) is 35.9 Å². The Labute approximate surface area is 173 Å². The van der Waals surface area contributed by atoms with Gasteiger partial charge in [0, 0.05) is 20.3 Å². The van der Waals surface area contributed by atoms with Gasteiger partial charge in [-0.3, -0.25) is 9.59 Å². The Kier molecular flexibility index (Phi) is 10.2. The minimum atomic E-state index is -0.636. The predicted octanol–water partition coefficient (Wildman–Crippen LogP) is 4.54. The van der Waals surface area contributed by atoms with E-state index in [0.29, 0.717) is 25.9 Å². The number of benzene rings is 1. The van der Waals surface area contributed by atoms with Gasteiger partial charge in [-0.25, -0.2) is 0 Å². The van der Waals surface area contributed by atoms with Crippen LogP contribution in [0.3, 0.4) is 0 Å². The number of hydrogen-bond donors (Lipinski definition) is 0. The first-order chi connectivity index (χ1) is 14.0. The minimum Gasteiger partial charge on any atom is -0.460 e. The molecule has 1 aromatic carbocycles. The van der Waals surface area contributed by atoms with Crippen molar-refractivity contribution in [2.45, 2.75) is 96.9 Å². The topological polar surface area (TPSA) is 71.1 Å². The van der Waals surface area contributed by atoms with Crippen LogP contribution in [0.2, 0.25) is 0 Å². The molecule has 6 nitrogen and oxygen atoms in total. The van der Waals surface area contributed by atoms with Crippen molar-refractivity contribution in [1.29, 1.82) is 0 Å². The van der Waals surface area contributed by atoms with E-state index in [2.05, 4.69) is 6.92 Å². The van der Waals surface area contributed by atoms with E-state index < -0.39 is 18.5 Å². The molecule has 1 aliphatic heterocycles. The molecule has 4 atom stereocenters. The van der Waals surface area contributed by atoms with Crippen molar-refractivity contribution in [2.75, 3.05) is 0 Å². The molecule has 0 spiro atoms. The molecule has 162 valence electrons. The molecule has 2 rings (SSSR count). The first-order valence-corrected chi connectivity index (χ1v) is 10.6. The number of carbonyl (C=O) groups is 2. The fourth-order valence-electron chi connectivity index (χ4n) is 3.63. The second-order valence-electron chi connectivity index (χ2n) is 7.55. The van der Waals surface area contributed by atoms with Gasteiger partial charge in [-0.15, -0.1) is 0 Å². The molecule has 0 saturated carbocycles. The van der Waals surface area contributed by atoms with E-state index in [0.717, 1.165) is 31.2 Å². The van der Waals surface area contributed by atoms with Gasteiger partial charge in [-0.05, 0) is 24.8 Å². The molecule has 1 aromatic rings. The Hall–Kier alpha value is -1.92. The first kappa shape index (κ1) is 23.4. The van der Waals surface area contributed by atoms with Gasteiger partial charge in [0.1, 0.15) is 12.2 Å². The van der Waals surface area contributed by atoms with Gasteiger partial charge in [0.05, 0.1) is 12.7 Å². The van der Waals surface area contributed by atoms with E-state index in [1.165, 1.54) is 13.8 Å². The number of unbranched alkanes of at least 4 members (excludes halogenated alkanes) is 3. The zero-order chi connectivity index (χ0) is 21.1. The molecule has 0 N–H and O–H groups in total. The molecule has 1 saturated heterocycles. The molecule has 0 aliphatic carbocycles. The van der Waals surface area contributed by atoms with Crippen LogP contribution in [0, 0.1) is 0 Å². The largest absolute Gasteiger partial charge is 0.460 e. The first-order valence-electron chi connectivity index (χ1n) is 10.6. The van der Waals surface area contributed by atoms with Gasteiger partial charge in [0.15, 0.2) is 0 Å². The fraction of sp³-hybridized carbons (Fsp3) is 0.652. The number of esters is 2. The maximum atomic E-state index is 11.7. The van der Waals surface area contributed by atoms with Crippen LogP contribution in [0.1, 0.15) is 71.3 Å². The van der Waals surface area contributed by atoms with Crippen molar-refractivity contribution < 1.29 is 28.5 Å². The number of carbonyl (C=O) groups excluding carboxylic acids is 2. The Morgan fingerprint density at radius 2 is 1.83 bits per heavy atom. The normalized spacial score (nSPS) is 22.7. The quantitative estimate of drug-likeness (QED) is 0.397. The smallest absolute Gasteiger partial charge is 0.304 e. The maximum absolute atomic E-state index is 11.7. The Morgan fingerprint density at radius 3 is 2.48 bits per heavy atom. The third-order valence-corrected chi connectivity index (χ3v) is 4.99. The van der Waals surface area contributed by atoms with Crippen molar-refractivity contribution in [2.24, 2.45) is 0 Å². The Bertz CT molecular complexity index is 617. The van der Waals surface area contributed by atoms with Gasteiger partial charge in [-0.1, -0.05) is 56.5 Å². The average Bonchev–Trinajstić information content (AvgIpc) is 2.69. The van der Waals surface area contributed by atoms with Crippen molar-refractivity contribution >= 4 is 11.9 Å². The summed E-state index contributed by atoms with van der Waals surface area (Å²) in [6.07, 6.45) is 4.44. The predicted molar refractivity (Wildman–Crippen MR) is 109 cm³/mol. The third-order valence-electron chi connectivity index (χ3n) is 4.99. The summed E-state index contributed by atoms with van der Waals surface area (Å²) in [5.41, 5.74) is 1.07. The fourth-order valence-corrected chi connectivity index (χ4v) is 3.63. The lowest BCUT2D eigenvalue weighted by Crippen LogP contribution is -2.49. The standard InChI is InChI=1S/C23H34O6/c1-4-5-6-10-13-21(27-17(2)24)23-20(14-15-22(29-23)28-18(3)25)26-16-19-11-8-7-9-12-19/h7-9,11-12,20-23H,4-6,10,13-16H2,1-3H3/t20-,21-,22?,23-/m1/s1. The minimum absolute atomic E-state index is 0.238. The molecule has 6 heteroatoms.